The van der Waals surface area contributed by atoms with Crippen LogP contribution in [0, 0.1) is 3.57 Å². The highest BCUT2D eigenvalue weighted by molar-refractivity contribution is 14.1. The summed E-state index contributed by atoms with van der Waals surface area (Å²) in [5.41, 5.74) is -2.03. The lowest BCUT2D eigenvalue weighted by Crippen LogP contribution is -2.11. The number of methoxy groups -OCH3 is 1. The van der Waals surface area contributed by atoms with E-state index in [1.54, 1.807) is 0 Å². The minimum atomic E-state index is -4.71. The van der Waals surface area contributed by atoms with E-state index in [-0.39, 0.29) is 0 Å². The Bertz CT molecular complexity index is 393. The smallest absolute Gasteiger partial charge is 0.418 e. The maximum absolute atomic E-state index is 12.6. The van der Waals surface area contributed by atoms with Gasteiger partial charge in [-0.3, -0.25) is 0 Å². The zero-order valence-electron chi connectivity index (χ0n) is 7.78. The number of alkyl halides is 5. The van der Waals surface area contributed by atoms with Crippen molar-refractivity contribution in [3.05, 3.63) is 20.9 Å². The molecule has 0 saturated heterocycles. The lowest BCUT2D eigenvalue weighted by Gasteiger charge is -2.14. The van der Waals surface area contributed by atoms with E-state index < -0.39 is 33.2 Å². The lowest BCUT2D eigenvalue weighted by atomic mass is 10.2. The van der Waals surface area contributed by atoms with Gasteiger partial charge in [0.25, 0.3) is 6.43 Å². The third kappa shape index (κ3) is 2.53. The standard InChI is InChI=1S/C8H5F5INO/c1-16-7-4(6(9)10)5(14)3(2-15-7)8(11,12)13/h2,6H,1H3. The second-order valence-corrected chi connectivity index (χ2v) is 3.79. The summed E-state index contributed by atoms with van der Waals surface area (Å²) in [6.07, 6.45) is -7.30. The van der Waals surface area contributed by atoms with E-state index in [0.717, 1.165) is 7.11 Å². The summed E-state index contributed by atoms with van der Waals surface area (Å²) in [4.78, 5) is 3.22. The van der Waals surface area contributed by atoms with Gasteiger partial charge in [-0.05, 0) is 22.6 Å². The first kappa shape index (κ1) is 13.4. The SMILES string of the molecule is COc1ncc(C(F)(F)F)c(I)c1C(F)F. The van der Waals surface area contributed by atoms with Crippen molar-refractivity contribution in [3.8, 4) is 5.88 Å². The number of nitrogens with zero attached hydrogens (tertiary/aromatic N) is 1. The number of hydrogen-bond acceptors (Lipinski definition) is 2. The molecule has 0 atom stereocenters. The normalized spacial score (nSPS) is 12.0. The molecule has 0 fully saturated rings. The molecular weight excluding hydrogens is 348 g/mol. The summed E-state index contributed by atoms with van der Waals surface area (Å²) >= 11 is 1.21. The average Bonchev–Trinajstić information content (AvgIpc) is 2.14. The van der Waals surface area contributed by atoms with Crippen molar-refractivity contribution in [2.75, 3.05) is 7.11 Å². The van der Waals surface area contributed by atoms with Crippen LogP contribution in [-0.2, 0) is 6.18 Å². The van der Waals surface area contributed by atoms with Gasteiger partial charge in [-0.15, -0.1) is 0 Å². The van der Waals surface area contributed by atoms with Gasteiger partial charge in [-0.2, -0.15) is 13.2 Å². The molecular formula is C8H5F5INO. The molecule has 0 unspecified atom stereocenters. The van der Waals surface area contributed by atoms with Crippen molar-refractivity contribution in [2.45, 2.75) is 12.6 Å². The van der Waals surface area contributed by atoms with E-state index in [1.165, 1.54) is 22.6 Å². The Kier molecular flexibility index (Phi) is 3.92. The number of aromatic nitrogens is 1. The molecule has 0 spiro atoms. The molecule has 0 amide bonds. The molecule has 0 aliphatic carbocycles. The third-order valence-corrected chi connectivity index (χ3v) is 2.89. The molecule has 0 aromatic carbocycles. The first-order valence-corrected chi connectivity index (χ1v) is 4.94. The van der Waals surface area contributed by atoms with Crippen molar-refractivity contribution in [3.63, 3.8) is 0 Å². The van der Waals surface area contributed by atoms with Crippen molar-refractivity contribution in [1.82, 2.24) is 4.98 Å². The van der Waals surface area contributed by atoms with Gasteiger partial charge in [0.1, 0.15) is 0 Å². The number of hydrogen-bond donors (Lipinski definition) is 0. The first-order chi connectivity index (χ1) is 7.29. The van der Waals surface area contributed by atoms with Crippen molar-refractivity contribution in [1.29, 1.82) is 0 Å². The van der Waals surface area contributed by atoms with E-state index >= 15 is 0 Å². The Hall–Kier alpha value is -0.670. The van der Waals surface area contributed by atoms with Crippen LogP contribution in [0.3, 0.4) is 0 Å². The Labute approximate surface area is 101 Å². The second kappa shape index (κ2) is 4.68. The molecule has 0 radical (unpaired) electrons. The van der Waals surface area contributed by atoms with Crippen molar-refractivity contribution < 1.29 is 26.7 Å². The molecule has 1 aromatic rings. The van der Waals surface area contributed by atoms with Crippen molar-refractivity contribution in [2.24, 2.45) is 0 Å². The third-order valence-electron chi connectivity index (χ3n) is 1.73. The second-order valence-electron chi connectivity index (χ2n) is 2.71. The van der Waals surface area contributed by atoms with E-state index in [1.807, 2.05) is 0 Å². The Morgan fingerprint density at radius 1 is 1.38 bits per heavy atom. The van der Waals surface area contributed by atoms with Gasteiger partial charge in [0.2, 0.25) is 5.88 Å². The van der Waals surface area contributed by atoms with Crippen LogP contribution in [0.2, 0.25) is 0 Å². The molecule has 90 valence electrons. The van der Waals surface area contributed by atoms with Crippen LogP contribution >= 0.6 is 22.6 Å². The highest BCUT2D eigenvalue weighted by atomic mass is 127. The quantitative estimate of drug-likeness (QED) is 0.598. The van der Waals surface area contributed by atoms with Gasteiger partial charge in [-0.25, -0.2) is 13.8 Å². The zero-order valence-corrected chi connectivity index (χ0v) is 9.94. The lowest BCUT2D eigenvalue weighted by molar-refractivity contribution is -0.138. The van der Waals surface area contributed by atoms with Gasteiger partial charge < -0.3 is 4.74 Å². The summed E-state index contributed by atoms with van der Waals surface area (Å²) in [5.74, 6) is -0.493. The Morgan fingerprint density at radius 2 is 1.94 bits per heavy atom. The highest BCUT2D eigenvalue weighted by Crippen LogP contribution is 2.39. The fraction of sp³-hybridized carbons (Fsp3) is 0.375. The van der Waals surface area contributed by atoms with Gasteiger partial charge in [0.05, 0.1) is 18.2 Å². The average molecular weight is 353 g/mol. The highest BCUT2D eigenvalue weighted by Gasteiger charge is 2.36. The van der Waals surface area contributed by atoms with Crippen LogP contribution in [0.15, 0.2) is 6.20 Å². The monoisotopic (exact) mass is 353 g/mol. The maximum Gasteiger partial charge on any atom is 0.418 e. The van der Waals surface area contributed by atoms with Gasteiger partial charge in [-0.1, -0.05) is 0 Å². The number of rotatable bonds is 2. The predicted molar refractivity (Wildman–Crippen MR) is 53.5 cm³/mol. The van der Waals surface area contributed by atoms with Crippen LogP contribution in [0.25, 0.3) is 0 Å². The molecule has 2 nitrogen and oxygen atoms in total. The van der Waals surface area contributed by atoms with E-state index in [0.29, 0.717) is 6.20 Å². The van der Waals surface area contributed by atoms with E-state index in [4.69, 9.17) is 0 Å². The molecule has 0 saturated carbocycles. The summed E-state index contributed by atoms with van der Waals surface area (Å²) in [5, 5.41) is 0. The number of halogens is 6. The Morgan fingerprint density at radius 3 is 2.31 bits per heavy atom. The minimum absolute atomic E-state index is 0.479. The maximum atomic E-state index is 12.6. The summed E-state index contributed by atoms with van der Waals surface area (Å²) in [7, 11) is 1.07. The Balaban J connectivity index is 3.44. The predicted octanol–water partition coefficient (Wildman–Crippen LogP) is 3.65. The van der Waals surface area contributed by atoms with Crippen LogP contribution in [-0.4, -0.2) is 12.1 Å². The summed E-state index contributed by atoms with van der Waals surface area (Å²) in [6, 6.07) is 0. The van der Waals surface area contributed by atoms with E-state index in [2.05, 4.69) is 9.72 Å². The largest absolute Gasteiger partial charge is 0.481 e. The van der Waals surface area contributed by atoms with Crippen LogP contribution in [0.5, 0.6) is 5.88 Å². The van der Waals surface area contributed by atoms with Crippen LogP contribution < -0.4 is 4.74 Å². The minimum Gasteiger partial charge on any atom is -0.481 e. The number of pyridine rings is 1. The molecule has 1 rings (SSSR count). The summed E-state index contributed by atoms with van der Waals surface area (Å²) in [6.45, 7) is 0. The molecule has 0 aliphatic heterocycles. The molecule has 0 aliphatic rings. The molecule has 8 heteroatoms. The van der Waals surface area contributed by atoms with Gasteiger partial charge >= 0.3 is 6.18 Å². The van der Waals surface area contributed by atoms with Gasteiger partial charge in [0.15, 0.2) is 0 Å². The first-order valence-electron chi connectivity index (χ1n) is 3.86. The van der Waals surface area contributed by atoms with Gasteiger partial charge in [0, 0.05) is 9.77 Å². The van der Waals surface area contributed by atoms with Crippen LogP contribution in [0.4, 0.5) is 22.0 Å². The van der Waals surface area contributed by atoms with Crippen molar-refractivity contribution >= 4 is 22.6 Å². The fourth-order valence-corrected chi connectivity index (χ4v) is 1.95. The molecule has 1 aromatic heterocycles. The number of ether oxygens (including phenoxy) is 1. The van der Waals surface area contributed by atoms with Crippen LogP contribution in [0.1, 0.15) is 17.6 Å². The molecule has 0 bridgehead atoms. The molecule has 1 heterocycles. The molecule has 16 heavy (non-hydrogen) atoms. The van der Waals surface area contributed by atoms with E-state index in [9.17, 15) is 22.0 Å². The summed E-state index contributed by atoms with van der Waals surface area (Å²) < 4.78 is 66.2. The topological polar surface area (TPSA) is 22.1 Å². The zero-order chi connectivity index (χ0) is 12.5. The molecule has 0 N–H and O–H groups in total. The fourth-order valence-electron chi connectivity index (χ4n) is 1.04.